The van der Waals surface area contributed by atoms with Crippen LogP contribution in [0.25, 0.3) is 0 Å². The lowest BCUT2D eigenvalue weighted by Gasteiger charge is -2.08. The Kier molecular flexibility index (Phi) is 5.68. The number of aliphatic carboxylic acids is 1. The molecule has 0 saturated heterocycles. The van der Waals surface area contributed by atoms with E-state index in [1.807, 2.05) is 0 Å². The fraction of sp³-hybridized carbons (Fsp3) is 0.167. The van der Waals surface area contributed by atoms with E-state index in [1.54, 1.807) is 49.4 Å². The summed E-state index contributed by atoms with van der Waals surface area (Å²) in [4.78, 5) is 34.2. The normalized spacial score (nSPS) is 10.0. The molecule has 24 heavy (non-hydrogen) atoms. The second-order valence-corrected chi connectivity index (χ2v) is 5.08. The summed E-state index contributed by atoms with van der Waals surface area (Å²) >= 11 is 0. The molecule has 0 bridgehead atoms. The van der Waals surface area contributed by atoms with E-state index >= 15 is 0 Å². The molecule has 6 heteroatoms. The Labute approximate surface area is 139 Å². The van der Waals surface area contributed by atoms with Crippen LogP contribution in [0.4, 0.5) is 5.69 Å². The van der Waals surface area contributed by atoms with Crippen LogP contribution in [-0.2, 0) is 16.0 Å². The molecule has 6 nitrogen and oxygen atoms in total. The van der Waals surface area contributed by atoms with Crippen LogP contribution in [0.3, 0.4) is 0 Å². The third-order valence-corrected chi connectivity index (χ3v) is 3.18. The number of anilines is 1. The highest BCUT2D eigenvalue weighted by Crippen LogP contribution is 2.16. The van der Waals surface area contributed by atoms with Crippen LogP contribution in [0.5, 0.6) is 5.75 Å². The number of carbonyl (C=O) groups is 3. The van der Waals surface area contributed by atoms with Crippen LogP contribution >= 0.6 is 0 Å². The summed E-state index contributed by atoms with van der Waals surface area (Å²) in [5, 5.41) is 11.4. The van der Waals surface area contributed by atoms with Gasteiger partial charge in [-0.2, -0.15) is 0 Å². The van der Waals surface area contributed by atoms with Crippen molar-refractivity contribution in [1.82, 2.24) is 0 Å². The van der Waals surface area contributed by atoms with Crippen LogP contribution in [0.2, 0.25) is 0 Å². The number of rotatable bonds is 6. The summed E-state index contributed by atoms with van der Waals surface area (Å²) in [6.45, 7) is 1.69. The van der Waals surface area contributed by atoms with Gasteiger partial charge in [0.2, 0.25) is 0 Å². The van der Waals surface area contributed by atoms with Gasteiger partial charge in [0.15, 0.2) is 0 Å². The molecule has 0 radical (unpaired) electrons. The van der Waals surface area contributed by atoms with Crippen LogP contribution in [-0.4, -0.2) is 23.0 Å². The van der Waals surface area contributed by atoms with E-state index in [4.69, 9.17) is 9.84 Å². The lowest BCUT2D eigenvalue weighted by atomic mass is 10.1. The molecule has 0 atom stereocenters. The van der Waals surface area contributed by atoms with Crippen molar-refractivity contribution in [2.45, 2.75) is 19.8 Å². The van der Waals surface area contributed by atoms with E-state index in [2.05, 4.69) is 5.32 Å². The Balaban J connectivity index is 2.05. The zero-order valence-electron chi connectivity index (χ0n) is 13.1. The molecule has 0 aromatic heterocycles. The number of carbonyl (C=O) groups excluding carboxylic acids is 2. The second kappa shape index (κ2) is 7.92. The lowest BCUT2D eigenvalue weighted by Crippen LogP contribution is -2.12. The van der Waals surface area contributed by atoms with Crippen molar-refractivity contribution in [2.75, 3.05) is 5.32 Å². The summed E-state index contributed by atoms with van der Waals surface area (Å²) in [7, 11) is 0. The van der Waals surface area contributed by atoms with Gasteiger partial charge < -0.3 is 15.2 Å². The minimum atomic E-state index is -0.912. The molecule has 0 aliphatic carbocycles. The van der Waals surface area contributed by atoms with Gasteiger partial charge in [0.1, 0.15) is 5.75 Å². The molecular formula is C18H17NO5. The number of benzene rings is 2. The third-order valence-electron chi connectivity index (χ3n) is 3.18. The van der Waals surface area contributed by atoms with Gasteiger partial charge in [0.25, 0.3) is 5.91 Å². The first-order valence-electron chi connectivity index (χ1n) is 7.40. The summed E-state index contributed by atoms with van der Waals surface area (Å²) in [5.41, 5.74) is 1.55. The average molecular weight is 327 g/mol. The first-order chi connectivity index (χ1) is 11.5. The van der Waals surface area contributed by atoms with Crippen molar-refractivity contribution < 1.29 is 24.2 Å². The predicted molar refractivity (Wildman–Crippen MR) is 88.1 cm³/mol. The Bertz CT molecular complexity index is 752. The fourth-order valence-electron chi connectivity index (χ4n) is 1.99. The number of hydrogen-bond acceptors (Lipinski definition) is 4. The number of amides is 1. The highest BCUT2D eigenvalue weighted by molar-refractivity contribution is 6.04. The van der Waals surface area contributed by atoms with Gasteiger partial charge in [-0.05, 0) is 35.9 Å². The average Bonchev–Trinajstić information content (AvgIpc) is 2.56. The maximum atomic E-state index is 12.2. The van der Waals surface area contributed by atoms with Gasteiger partial charge >= 0.3 is 11.9 Å². The molecule has 0 spiro atoms. The monoisotopic (exact) mass is 327 g/mol. The van der Waals surface area contributed by atoms with Gasteiger partial charge in [0, 0.05) is 17.7 Å². The van der Waals surface area contributed by atoms with E-state index < -0.39 is 5.97 Å². The Morgan fingerprint density at radius 2 is 1.79 bits per heavy atom. The minimum Gasteiger partial charge on any atom is -0.481 e. The van der Waals surface area contributed by atoms with Crippen molar-refractivity contribution in [3.8, 4) is 5.75 Å². The second-order valence-electron chi connectivity index (χ2n) is 5.08. The summed E-state index contributed by atoms with van der Waals surface area (Å²) < 4.78 is 5.08. The Hall–Kier alpha value is -3.15. The van der Waals surface area contributed by atoms with Gasteiger partial charge in [-0.25, -0.2) is 0 Å². The van der Waals surface area contributed by atoms with Gasteiger partial charge in [-0.1, -0.05) is 25.1 Å². The van der Waals surface area contributed by atoms with Gasteiger partial charge in [-0.3, -0.25) is 14.4 Å². The number of carboxylic acid groups (broad SMARTS) is 1. The standard InChI is InChI=1S/C18H17NO5/c1-2-17(22)24-15-5-3-4-13(11-15)18(23)19-14-8-6-12(7-9-14)10-16(20)21/h3-9,11H,2,10H2,1H3,(H,19,23)(H,20,21). The van der Waals surface area contributed by atoms with Crippen molar-refractivity contribution in [3.05, 3.63) is 59.7 Å². The first kappa shape index (κ1) is 17.2. The number of esters is 1. The number of hydrogen-bond donors (Lipinski definition) is 2. The summed E-state index contributed by atoms with van der Waals surface area (Å²) in [5.74, 6) is -1.33. The molecule has 2 N–H and O–H groups in total. The minimum absolute atomic E-state index is 0.0704. The van der Waals surface area contributed by atoms with E-state index in [1.165, 1.54) is 6.07 Å². The highest BCUT2D eigenvalue weighted by atomic mass is 16.5. The first-order valence-corrected chi connectivity index (χ1v) is 7.40. The van der Waals surface area contributed by atoms with Crippen LogP contribution in [0.15, 0.2) is 48.5 Å². The largest absolute Gasteiger partial charge is 0.481 e. The summed E-state index contributed by atoms with van der Waals surface area (Å²) in [6.07, 6.45) is 0.179. The molecule has 2 aromatic carbocycles. The van der Waals surface area contributed by atoms with Crippen LogP contribution in [0, 0.1) is 0 Å². The Morgan fingerprint density at radius 1 is 1.08 bits per heavy atom. The molecule has 124 valence electrons. The third kappa shape index (κ3) is 4.95. The van der Waals surface area contributed by atoms with Crippen molar-refractivity contribution in [1.29, 1.82) is 0 Å². The van der Waals surface area contributed by atoms with Gasteiger partial charge in [0.05, 0.1) is 6.42 Å². The van der Waals surface area contributed by atoms with E-state index in [9.17, 15) is 14.4 Å². The predicted octanol–water partition coefficient (Wildman–Crippen LogP) is 2.88. The zero-order chi connectivity index (χ0) is 17.5. The number of carboxylic acids is 1. The lowest BCUT2D eigenvalue weighted by molar-refractivity contribution is -0.136. The molecule has 1 amide bonds. The maximum Gasteiger partial charge on any atom is 0.310 e. The van der Waals surface area contributed by atoms with Gasteiger partial charge in [-0.15, -0.1) is 0 Å². The van der Waals surface area contributed by atoms with Crippen molar-refractivity contribution >= 4 is 23.5 Å². The summed E-state index contributed by atoms with van der Waals surface area (Å²) in [6, 6.07) is 12.9. The van der Waals surface area contributed by atoms with E-state index in [-0.39, 0.29) is 24.7 Å². The van der Waals surface area contributed by atoms with Crippen LogP contribution in [0.1, 0.15) is 29.3 Å². The molecule has 2 aromatic rings. The Morgan fingerprint density at radius 3 is 2.42 bits per heavy atom. The number of ether oxygens (including phenoxy) is 1. The SMILES string of the molecule is CCC(=O)Oc1cccc(C(=O)Nc2ccc(CC(=O)O)cc2)c1. The molecular weight excluding hydrogens is 310 g/mol. The molecule has 0 fully saturated rings. The van der Waals surface area contributed by atoms with Crippen molar-refractivity contribution in [3.63, 3.8) is 0 Å². The maximum absolute atomic E-state index is 12.2. The number of nitrogens with one attached hydrogen (secondary N) is 1. The highest BCUT2D eigenvalue weighted by Gasteiger charge is 2.09. The topological polar surface area (TPSA) is 92.7 Å². The quantitative estimate of drug-likeness (QED) is 0.628. The van der Waals surface area contributed by atoms with Crippen LogP contribution < -0.4 is 10.1 Å². The molecule has 2 rings (SSSR count). The van der Waals surface area contributed by atoms with Crippen molar-refractivity contribution in [2.24, 2.45) is 0 Å². The molecule has 0 heterocycles. The van der Waals surface area contributed by atoms with E-state index in [0.29, 0.717) is 22.6 Å². The zero-order valence-corrected chi connectivity index (χ0v) is 13.1. The fourth-order valence-corrected chi connectivity index (χ4v) is 1.99. The molecule has 0 aliphatic heterocycles. The molecule has 0 unspecified atom stereocenters. The van der Waals surface area contributed by atoms with E-state index in [0.717, 1.165) is 0 Å². The molecule has 0 aliphatic rings. The smallest absolute Gasteiger partial charge is 0.310 e. The molecule has 0 saturated carbocycles.